The van der Waals surface area contributed by atoms with Crippen LogP contribution in [0, 0.1) is 0 Å². The summed E-state index contributed by atoms with van der Waals surface area (Å²) in [5, 5.41) is 0.874. The van der Waals surface area contributed by atoms with Crippen molar-refractivity contribution in [2.24, 2.45) is 5.73 Å². The standard InChI is InChI=1S/C18H20N8O/c19-17-12-3-1-2-4-13(12)22-15(24-17)11-25-5-7-26(8-6-25)16-10-21-9-14(23-16)18(20)27/h1-4,9-10H,5-8,11H2,(H2,20,27)(H2,19,22,24). The molecule has 138 valence electrons. The first-order valence-corrected chi connectivity index (χ1v) is 8.70. The highest BCUT2D eigenvalue weighted by Crippen LogP contribution is 2.19. The number of amides is 1. The molecule has 0 saturated carbocycles. The van der Waals surface area contributed by atoms with Gasteiger partial charge in [0.15, 0.2) is 0 Å². The van der Waals surface area contributed by atoms with Crippen molar-refractivity contribution in [2.45, 2.75) is 6.54 Å². The predicted octanol–water partition coefficient (Wildman–Crippen LogP) is 0.423. The summed E-state index contributed by atoms with van der Waals surface area (Å²) in [5.41, 5.74) is 12.4. The molecular weight excluding hydrogens is 344 g/mol. The van der Waals surface area contributed by atoms with Crippen LogP contribution in [0.25, 0.3) is 10.9 Å². The van der Waals surface area contributed by atoms with Gasteiger partial charge in [0, 0.05) is 31.6 Å². The van der Waals surface area contributed by atoms with Crippen LogP contribution in [0.1, 0.15) is 16.3 Å². The van der Waals surface area contributed by atoms with Crippen molar-refractivity contribution < 1.29 is 4.79 Å². The fraction of sp³-hybridized carbons (Fsp3) is 0.278. The Morgan fingerprint density at radius 2 is 1.81 bits per heavy atom. The van der Waals surface area contributed by atoms with Gasteiger partial charge in [-0.3, -0.25) is 14.7 Å². The molecule has 0 unspecified atom stereocenters. The van der Waals surface area contributed by atoms with Gasteiger partial charge in [0.25, 0.3) is 5.91 Å². The number of hydrogen-bond acceptors (Lipinski definition) is 8. The van der Waals surface area contributed by atoms with Crippen molar-refractivity contribution in [3.8, 4) is 0 Å². The molecule has 2 aromatic heterocycles. The second-order valence-corrected chi connectivity index (χ2v) is 6.43. The predicted molar refractivity (Wildman–Crippen MR) is 102 cm³/mol. The number of nitrogen functional groups attached to an aromatic ring is 1. The Morgan fingerprint density at radius 3 is 2.59 bits per heavy atom. The molecule has 0 spiro atoms. The number of primary amides is 1. The highest BCUT2D eigenvalue weighted by Gasteiger charge is 2.20. The lowest BCUT2D eigenvalue weighted by Gasteiger charge is -2.34. The number of hydrogen-bond donors (Lipinski definition) is 2. The van der Waals surface area contributed by atoms with Gasteiger partial charge >= 0.3 is 0 Å². The summed E-state index contributed by atoms with van der Waals surface area (Å²) in [7, 11) is 0. The Hall–Kier alpha value is -3.33. The highest BCUT2D eigenvalue weighted by atomic mass is 16.1. The van der Waals surface area contributed by atoms with Crippen LogP contribution < -0.4 is 16.4 Å². The molecule has 4 rings (SSSR count). The first-order chi connectivity index (χ1) is 13.1. The normalized spacial score (nSPS) is 15.2. The SMILES string of the molecule is NC(=O)c1cncc(N2CCN(Cc3nc(N)c4ccccc4n3)CC2)n1. The van der Waals surface area contributed by atoms with Crippen LogP contribution in [0.5, 0.6) is 0 Å². The summed E-state index contributed by atoms with van der Waals surface area (Å²) >= 11 is 0. The Labute approximate surface area is 156 Å². The van der Waals surface area contributed by atoms with Crippen LogP contribution in [0.2, 0.25) is 0 Å². The molecule has 9 heteroatoms. The molecule has 1 saturated heterocycles. The number of carbonyl (C=O) groups is 1. The number of nitrogens with zero attached hydrogens (tertiary/aromatic N) is 6. The average Bonchev–Trinajstić information content (AvgIpc) is 2.69. The van der Waals surface area contributed by atoms with E-state index >= 15 is 0 Å². The number of fused-ring (bicyclic) bond motifs is 1. The molecule has 27 heavy (non-hydrogen) atoms. The van der Waals surface area contributed by atoms with Gasteiger partial charge in [0.2, 0.25) is 0 Å². The smallest absolute Gasteiger partial charge is 0.268 e. The van der Waals surface area contributed by atoms with Crippen LogP contribution in [0.4, 0.5) is 11.6 Å². The molecule has 0 aliphatic carbocycles. The fourth-order valence-corrected chi connectivity index (χ4v) is 3.18. The molecule has 0 radical (unpaired) electrons. The van der Waals surface area contributed by atoms with E-state index in [1.54, 1.807) is 6.20 Å². The van der Waals surface area contributed by atoms with E-state index in [2.05, 4.69) is 29.7 Å². The minimum absolute atomic E-state index is 0.176. The van der Waals surface area contributed by atoms with Gasteiger partial charge in [0.05, 0.1) is 24.5 Å². The Kier molecular flexibility index (Phi) is 4.51. The second kappa shape index (κ2) is 7.12. The molecule has 0 bridgehead atoms. The summed E-state index contributed by atoms with van der Waals surface area (Å²) in [6.07, 6.45) is 3.03. The molecule has 9 nitrogen and oxygen atoms in total. The van der Waals surface area contributed by atoms with E-state index < -0.39 is 5.91 Å². The van der Waals surface area contributed by atoms with Gasteiger partial charge in [-0.2, -0.15) is 0 Å². The van der Waals surface area contributed by atoms with Gasteiger partial charge < -0.3 is 16.4 Å². The molecule has 3 heterocycles. The van der Waals surface area contributed by atoms with Gasteiger partial charge in [0.1, 0.15) is 23.2 Å². The minimum atomic E-state index is -0.575. The largest absolute Gasteiger partial charge is 0.383 e. The van der Waals surface area contributed by atoms with E-state index in [0.717, 1.165) is 42.9 Å². The lowest BCUT2D eigenvalue weighted by molar-refractivity contribution is 0.0995. The topological polar surface area (TPSA) is 127 Å². The van der Waals surface area contributed by atoms with Crippen molar-refractivity contribution in [1.82, 2.24) is 24.8 Å². The number of rotatable bonds is 4. The van der Waals surface area contributed by atoms with Crippen molar-refractivity contribution in [3.05, 3.63) is 48.2 Å². The van der Waals surface area contributed by atoms with E-state index in [4.69, 9.17) is 11.5 Å². The maximum absolute atomic E-state index is 11.3. The Balaban J connectivity index is 1.43. The molecule has 0 atom stereocenters. The van der Waals surface area contributed by atoms with Gasteiger partial charge in [-0.15, -0.1) is 0 Å². The van der Waals surface area contributed by atoms with Crippen LogP contribution in [0.3, 0.4) is 0 Å². The quantitative estimate of drug-likeness (QED) is 0.682. The molecule has 1 aliphatic heterocycles. The van der Waals surface area contributed by atoms with Crippen LogP contribution in [-0.4, -0.2) is 56.9 Å². The zero-order valence-corrected chi connectivity index (χ0v) is 14.7. The van der Waals surface area contributed by atoms with E-state index in [9.17, 15) is 4.79 Å². The van der Waals surface area contributed by atoms with Crippen molar-refractivity contribution in [1.29, 1.82) is 0 Å². The number of para-hydroxylation sites is 1. The summed E-state index contributed by atoms with van der Waals surface area (Å²) in [6, 6.07) is 7.74. The number of nitrogens with two attached hydrogens (primary N) is 2. The molecular formula is C18H20N8O. The zero-order chi connectivity index (χ0) is 18.8. The minimum Gasteiger partial charge on any atom is -0.383 e. The van der Waals surface area contributed by atoms with Gasteiger partial charge in [-0.05, 0) is 12.1 Å². The van der Waals surface area contributed by atoms with E-state index in [1.165, 1.54) is 6.20 Å². The molecule has 3 aromatic rings. The Morgan fingerprint density at radius 1 is 1.04 bits per heavy atom. The average molecular weight is 364 g/mol. The first-order valence-electron chi connectivity index (χ1n) is 8.70. The van der Waals surface area contributed by atoms with E-state index in [1.807, 2.05) is 24.3 Å². The number of benzene rings is 1. The summed E-state index contributed by atoms with van der Waals surface area (Å²) < 4.78 is 0. The summed E-state index contributed by atoms with van der Waals surface area (Å²) in [4.78, 5) is 33.0. The molecule has 1 aromatic carbocycles. The van der Waals surface area contributed by atoms with Crippen molar-refractivity contribution >= 4 is 28.4 Å². The lowest BCUT2D eigenvalue weighted by Crippen LogP contribution is -2.46. The third-order valence-corrected chi connectivity index (χ3v) is 4.61. The molecule has 1 fully saturated rings. The molecule has 4 N–H and O–H groups in total. The van der Waals surface area contributed by atoms with Crippen LogP contribution in [0.15, 0.2) is 36.7 Å². The third kappa shape index (κ3) is 3.63. The number of piperazine rings is 1. The second-order valence-electron chi connectivity index (χ2n) is 6.43. The van der Waals surface area contributed by atoms with E-state index in [-0.39, 0.29) is 5.69 Å². The molecule has 1 amide bonds. The number of anilines is 2. The summed E-state index contributed by atoms with van der Waals surface area (Å²) in [5.74, 6) is 1.31. The lowest BCUT2D eigenvalue weighted by atomic mass is 10.2. The maximum Gasteiger partial charge on any atom is 0.268 e. The molecule has 1 aliphatic rings. The van der Waals surface area contributed by atoms with E-state index in [0.29, 0.717) is 18.2 Å². The monoisotopic (exact) mass is 364 g/mol. The van der Waals surface area contributed by atoms with Crippen LogP contribution in [-0.2, 0) is 6.54 Å². The maximum atomic E-state index is 11.3. The number of carbonyl (C=O) groups excluding carboxylic acids is 1. The van der Waals surface area contributed by atoms with Gasteiger partial charge in [-0.25, -0.2) is 15.0 Å². The fourth-order valence-electron chi connectivity index (χ4n) is 3.18. The third-order valence-electron chi connectivity index (χ3n) is 4.61. The van der Waals surface area contributed by atoms with Crippen molar-refractivity contribution in [3.63, 3.8) is 0 Å². The Bertz CT molecular complexity index is 984. The number of aromatic nitrogens is 4. The van der Waals surface area contributed by atoms with Crippen molar-refractivity contribution in [2.75, 3.05) is 36.8 Å². The van der Waals surface area contributed by atoms with Crippen LogP contribution >= 0.6 is 0 Å². The van der Waals surface area contributed by atoms with Gasteiger partial charge in [-0.1, -0.05) is 12.1 Å². The first kappa shape index (κ1) is 17.1. The summed E-state index contributed by atoms with van der Waals surface area (Å²) in [6.45, 7) is 3.80. The highest BCUT2D eigenvalue weighted by molar-refractivity contribution is 5.90. The zero-order valence-electron chi connectivity index (χ0n) is 14.7.